The number of nitrogens with one attached hydrogen (secondary N) is 1. The lowest BCUT2D eigenvalue weighted by Crippen LogP contribution is -2.40. The van der Waals surface area contributed by atoms with Gasteiger partial charge in [0, 0.05) is 19.6 Å². The second-order valence-corrected chi connectivity index (χ2v) is 6.48. The highest BCUT2D eigenvalue weighted by molar-refractivity contribution is 5.76. The molecule has 1 aromatic heterocycles. The van der Waals surface area contributed by atoms with Gasteiger partial charge in [0.2, 0.25) is 5.91 Å². The van der Waals surface area contributed by atoms with E-state index in [0.717, 1.165) is 51.3 Å². The lowest BCUT2D eigenvalue weighted by molar-refractivity contribution is -0.123. The van der Waals surface area contributed by atoms with Crippen LogP contribution >= 0.6 is 0 Å². The van der Waals surface area contributed by atoms with Gasteiger partial charge in [-0.05, 0) is 42.6 Å². The van der Waals surface area contributed by atoms with Crippen molar-refractivity contribution in [3.63, 3.8) is 0 Å². The maximum atomic E-state index is 11.4. The smallest absolute Gasteiger partial charge is 0.221 e. The highest BCUT2D eigenvalue weighted by Crippen LogP contribution is 2.18. The molecule has 1 aliphatic heterocycles. The molecule has 0 saturated carbocycles. The number of nitrogens with zero attached hydrogens (tertiary/aromatic N) is 1. The summed E-state index contributed by atoms with van der Waals surface area (Å²) in [5.74, 6) is 0.768. The van der Waals surface area contributed by atoms with Crippen LogP contribution in [-0.2, 0) is 24.4 Å². The van der Waals surface area contributed by atoms with Gasteiger partial charge in [0.25, 0.3) is 0 Å². The number of furan rings is 1. The lowest BCUT2D eigenvalue weighted by Gasteiger charge is -2.31. The summed E-state index contributed by atoms with van der Waals surface area (Å²) in [5.41, 5.74) is 7.99. The summed E-state index contributed by atoms with van der Waals surface area (Å²) in [5, 5.41) is 3.39. The molecule has 1 unspecified atom stereocenters. The molecule has 3 rings (SSSR count). The molecule has 0 aliphatic carbocycles. The van der Waals surface area contributed by atoms with Gasteiger partial charge in [0.05, 0.1) is 18.7 Å². The molecule has 1 fully saturated rings. The summed E-state index contributed by atoms with van der Waals surface area (Å²) in [7, 11) is 0. The predicted molar refractivity (Wildman–Crippen MR) is 92.9 cm³/mol. The molecule has 1 aliphatic rings. The molecule has 5 nitrogen and oxygen atoms in total. The third-order valence-electron chi connectivity index (χ3n) is 4.51. The van der Waals surface area contributed by atoms with Crippen LogP contribution in [0, 0.1) is 5.92 Å². The SMILES string of the molecule is NC(=O)C1CCCN(Cc2cccc(CNCc3ccco3)c2)C1. The quantitative estimate of drug-likeness (QED) is 0.818. The molecule has 2 aromatic rings. The molecule has 0 spiro atoms. The van der Waals surface area contributed by atoms with Crippen molar-refractivity contribution < 1.29 is 9.21 Å². The van der Waals surface area contributed by atoms with Crippen molar-refractivity contribution in [2.45, 2.75) is 32.5 Å². The van der Waals surface area contributed by atoms with Gasteiger partial charge in [-0.3, -0.25) is 9.69 Å². The molecule has 1 atom stereocenters. The molecule has 1 aromatic carbocycles. The third-order valence-corrected chi connectivity index (χ3v) is 4.51. The van der Waals surface area contributed by atoms with Crippen molar-refractivity contribution in [1.82, 2.24) is 10.2 Å². The lowest BCUT2D eigenvalue weighted by atomic mass is 9.97. The minimum atomic E-state index is -0.171. The maximum absolute atomic E-state index is 11.4. The number of likely N-dealkylation sites (tertiary alicyclic amines) is 1. The molecule has 1 amide bonds. The monoisotopic (exact) mass is 327 g/mol. The first kappa shape index (κ1) is 16.7. The normalized spacial score (nSPS) is 18.6. The van der Waals surface area contributed by atoms with E-state index in [4.69, 9.17) is 10.2 Å². The van der Waals surface area contributed by atoms with Gasteiger partial charge in [-0.15, -0.1) is 0 Å². The number of amides is 1. The Morgan fingerprint density at radius 3 is 2.92 bits per heavy atom. The predicted octanol–water partition coefficient (Wildman–Crippen LogP) is 2.27. The first-order valence-corrected chi connectivity index (χ1v) is 8.53. The maximum Gasteiger partial charge on any atom is 0.221 e. The van der Waals surface area contributed by atoms with Gasteiger partial charge in [0.15, 0.2) is 0 Å². The topological polar surface area (TPSA) is 71.5 Å². The Morgan fingerprint density at radius 2 is 2.12 bits per heavy atom. The number of rotatable bonds is 7. The largest absolute Gasteiger partial charge is 0.468 e. The minimum absolute atomic E-state index is 0.00287. The van der Waals surface area contributed by atoms with Crippen LogP contribution in [-0.4, -0.2) is 23.9 Å². The van der Waals surface area contributed by atoms with E-state index in [-0.39, 0.29) is 11.8 Å². The fraction of sp³-hybridized carbons (Fsp3) is 0.421. The number of hydrogen-bond acceptors (Lipinski definition) is 4. The summed E-state index contributed by atoms with van der Waals surface area (Å²) in [6.45, 7) is 4.21. The Morgan fingerprint density at radius 1 is 1.25 bits per heavy atom. The summed E-state index contributed by atoms with van der Waals surface area (Å²) >= 11 is 0. The number of carbonyl (C=O) groups excluding carboxylic acids is 1. The van der Waals surface area contributed by atoms with Crippen molar-refractivity contribution in [2.24, 2.45) is 11.7 Å². The minimum Gasteiger partial charge on any atom is -0.468 e. The molecule has 128 valence electrons. The summed E-state index contributed by atoms with van der Waals surface area (Å²) in [6.07, 6.45) is 3.65. The summed E-state index contributed by atoms with van der Waals surface area (Å²) in [4.78, 5) is 13.7. The number of carbonyl (C=O) groups is 1. The molecule has 0 radical (unpaired) electrons. The molecular weight excluding hydrogens is 302 g/mol. The molecule has 5 heteroatoms. The highest BCUT2D eigenvalue weighted by Gasteiger charge is 2.23. The molecule has 24 heavy (non-hydrogen) atoms. The Bertz CT molecular complexity index is 654. The average Bonchev–Trinajstić information content (AvgIpc) is 3.09. The van der Waals surface area contributed by atoms with Crippen molar-refractivity contribution in [1.29, 1.82) is 0 Å². The van der Waals surface area contributed by atoms with Crippen molar-refractivity contribution in [3.8, 4) is 0 Å². The fourth-order valence-corrected chi connectivity index (χ4v) is 3.27. The molecular formula is C19H25N3O2. The van der Waals surface area contributed by atoms with Crippen LogP contribution in [0.1, 0.15) is 29.7 Å². The fourth-order valence-electron chi connectivity index (χ4n) is 3.27. The van der Waals surface area contributed by atoms with Crippen molar-refractivity contribution in [2.75, 3.05) is 13.1 Å². The number of piperidine rings is 1. The molecule has 3 N–H and O–H groups in total. The van der Waals surface area contributed by atoms with Crippen LogP contribution in [0.25, 0.3) is 0 Å². The third kappa shape index (κ3) is 4.69. The number of nitrogens with two attached hydrogens (primary N) is 1. The summed E-state index contributed by atoms with van der Waals surface area (Å²) in [6, 6.07) is 12.5. The van der Waals surface area contributed by atoms with E-state index in [9.17, 15) is 4.79 Å². The van der Waals surface area contributed by atoms with E-state index in [0.29, 0.717) is 0 Å². The second kappa shape index (κ2) is 8.13. The van der Waals surface area contributed by atoms with Gasteiger partial charge in [-0.1, -0.05) is 24.3 Å². The van der Waals surface area contributed by atoms with Gasteiger partial charge < -0.3 is 15.5 Å². The van der Waals surface area contributed by atoms with E-state index in [1.54, 1.807) is 6.26 Å². The zero-order valence-electron chi connectivity index (χ0n) is 13.9. The first-order chi connectivity index (χ1) is 11.7. The Balaban J connectivity index is 1.52. The van der Waals surface area contributed by atoms with Crippen molar-refractivity contribution in [3.05, 3.63) is 59.5 Å². The van der Waals surface area contributed by atoms with Crippen LogP contribution in [0.3, 0.4) is 0 Å². The number of hydrogen-bond donors (Lipinski definition) is 2. The van der Waals surface area contributed by atoms with Crippen LogP contribution in [0.15, 0.2) is 47.1 Å². The number of primary amides is 1. The van der Waals surface area contributed by atoms with Crippen LogP contribution in [0.5, 0.6) is 0 Å². The van der Waals surface area contributed by atoms with Gasteiger partial charge in [-0.2, -0.15) is 0 Å². The summed E-state index contributed by atoms with van der Waals surface area (Å²) < 4.78 is 5.32. The Hall–Kier alpha value is -2.11. The standard InChI is InChI=1S/C19H25N3O2/c20-19(23)17-6-2-8-22(14-17)13-16-5-1-4-15(10-16)11-21-12-18-7-3-9-24-18/h1,3-5,7,9-10,17,21H,2,6,8,11-14H2,(H2,20,23). The Kier molecular flexibility index (Phi) is 5.67. The van der Waals surface area contributed by atoms with Crippen molar-refractivity contribution >= 4 is 5.91 Å². The van der Waals surface area contributed by atoms with Gasteiger partial charge >= 0.3 is 0 Å². The zero-order chi connectivity index (χ0) is 16.8. The molecule has 1 saturated heterocycles. The van der Waals surface area contributed by atoms with E-state index < -0.39 is 0 Å². The van der Waals surface area contributed by atoms with Gasteiger partial charge in [0.1, 0.15) is 5.76 Å². The van der Waals surface area contributed by atoms with E-state index >= 15 is 0 Å². The van der Waals surface area contributed by atoms with E-state index in [1.165, 1.54) is 11.1 Å². The second-order valence-electron chi connectivity index (χ2n) is 6.48. The van der Waals surface area contributed by atoms with Gasteiger partial charge in [-0.25, -0.2) is 0 Å². The first-order valence-electron chi connectivity index (χ1n) is 8.53. The Labute approximate surface area is 142 Å². The number of benzene rings is 1. The van der Waals surface area contributed by atoms with E-state index in [1.807, 2.05) is 12.1 Å². The zero-order valence-corrected chi connectivity index (χ0v) is 13.9. The average molecular weight is 327 g/mol. The highest BCUT2D eigenvalue weighted by atomic mass is 16.3. The van der Waals surface area contributed by atoms with Crippen LogP contribution < -0.4 is 11.1 Å². The molecule has 0 bridgehead atoms. The molecule has 2 heterocycles. The van der Waals surface area contributed by atoms with Crippen LogP contribution in [0.2, 0.25) is 0 Å². The van der Waals surface area contributed by atoms with Crippen LogP contribution in [0.4, 0.5) is 0 Å². The van der Waals surface area contributed by atoms with E-state index in [2.05, 4.69) is 34.5 Å².